The predicted molar refractivity (Wildman–Crippen MR) is 66.7 cm³/mol. The van der Waals surface area contributed by atoms with Gasteiger partial charge in [0.05, 0.1) is 18.9 Å². The highest BCUT2D eigenvalue weighted by Crippen LogP contribution is 2.01. The molecule has 0 aliphatic heterocycles. The van der Waals surface area contributed by atoms with Gasteiger partial charge in [-0.3, -0.25) is 5.10 Å². The van der Waals surface area contributed by atoms with E-state index in [1.807, 2.05) is 6.92 Å². The second-order valence-electron chi connectivity index (χ2n) is 4.74. The van der Waals surface area contributed by atoms with Crippen molar-refractivity contribution in [2.45, 2.75) is 33.4 Å². The van der Waals surface area contributed by atoms with Crippen LogP contribution in [0.3, 0.4) is 0 Å². The Kier molecular flexibility index (Phi) is 6.18. The lowest BCUT2D eigenvalue weighted by atomic mass is 10.2. The summed E-state index contributed by atoms with van der Waals surface area (Å²) in [4.78, 5) is 0. The fraction of sp³-hybridized carbons (Fsp3) is 0.750. The van der Waals surface area contributed by atoms with E-state index in [0.29, 0.717) is 32.2 Å². The van der Waals surface area contributed by atoms with Crippen molar-refractivity contribution >= 4 is 0 Å². The van der Waals surface area contributed by atoms with Gasteiger partial charge < -0.3 is 15.2 Å². The summed E-state index contributed by atoms with van der Waals surface area (Å²) in [5.74, 6) is 0.503. The Balaban J connectivity index is 2.08. The number of hydrogen-bond donors (Lipinski definition) is 3. The summed E-state index contributed by atoms with van der Waals surface area (Å²) in [6.45, 7) is 8.48. The first kappa shape index (κ1) is 14.2. The Labute approximate surface area is 103 Å². The molecular formula is C12H23N3O2. The number of rotatable bonds is 8. The fourth-order valence-electron chi connectivity index (χ4n) is 1.43. The molecule has 0 aliphatic rings. The Morgan fingerprint density at radius 2 is 2.24 bits per heavy atom. The molecule has 0 radical (unpaired) electrons. The van der Waals surface area contributed by atoms with Crippen molar-refractivity contribution < 1.29 is 9.84 Å². The maximum absolute atomic E-state index is 9.65. The molecule has 98 valence electrons. The molecule has 1 aromatic heterocycles. The van der Waals surface area contributed by atoms with Crippen LogP contribution < -0.4 is 5.32 Å². The van der Waals surface area contributed by atoms with Crippen molar-refractivity contribution in [3.63, 3.8) is 0 Å². The van der Waals surface area contributed by atoms with Crippen molar-refractivity contribution in [1.29, 1.82) is 0 Å². The zero-order valence-corrected chi connectivity index (χ0v) is 10.9. The molecule has 1 unspecified atom stereocenters. The normalized spacial score (nSPS) is 13.2. The number of ether oxygens (including phenoxy) is 1. The number of H-pyrrole nitrogens is 1. The third kappa shape index (κ3) is 5.81. The third-order valence-corrected chi connectivity index (χ3v) is 2.39. The molecule has 0 saturated heterocycles. The van der Waals surface area contributed by atoms with E-state index in [1.165, 1.54) is 0 Å². The first-order valence-electron chi connectivity index (χ1n) is 6.05. The van der Waals surface area contributed by atoms with Crippen molar-refractivity contribution in [2.24, 2.45) is 5.92 Å². The monoisotopic (exact) mass is 241 g/mol. The fourth-order valence-corrected chi connectivity index (χ4v) is 1.43. The van der Waals surface area contributed by atoms with Gasteiger partial charge >= 0.3 is 0 Å². The van der Waals surface area contributed by atoms with E-state index in [2.05, 4.69) is 29.4 Å². The summed E-state index contributed by atoms with van der Waals surface area (Å²) in [5.41, 5.74) is 2.18. The SMILES string of the molecule is Cc1[nH]ncc1CNCC(O)COCC(C)C. The van der Waals surface area contributed by atoms with Gasteiger partial charge in [0.2, 0.25) is 0 Å². The minimum absolute atomic E-state index is 0.384. The summed E-state index contributed by atoms with van der Waals surface area (Å²) in [6, 6.07) is 0. The molecule has 0 aliphatic carbocycles. The average molecular weight is 241 g/mol. The quantitative estimate of drug-likeness (QED) is 0.631. The molecule has 0 aromatic carbocycles. The number of aliphatic hydroxyl groups is 1. The van der Waals surface area contributed by atoms with Crippen molar-refractivity contribution in [3.8, 4) is 0 Å². The Morgan fingerprint density at radius 3 is 2.82 bits per heavy atom. The van der Waals surface area contributed by atoms with Gasteiger partial charge in [-0.2, -0.15) is 5.10 Å². The molecule has 0 amide bonds. The second kappa shape index (κ2) is 7.42. The Morgan fingerprint density at radius 1 is 1.47 bits per heavy atom. The molecule has 1 rings (SSSR count). The molecule has 0 spiro atoms. The van der Waals surface area contributed by atoms with Gasteiger partial charge in [-0.25, -0.2) is 0 Å². The van der Waals surface area contributed by atoms with Gasteiger partial charge in [-0.1, -0.05) is 13.8 Å². The van der Waals surface area contributed by atoms with Gasteiger partial charge in [-0.05, 0) is 12.8 Å². The van der Waals surface area contributed by atoms with Crippen molar-refractivity contribution in [3.05, 3.63) is 17.5 Å². The lowest BCUT2D eigenvalue weighted by Crippen LogP contribution is -2.30. The van der Waals surface area contributed by atoms with Gasteiger partial charge in [-0.15, -0.1) is 0 Å². The summed E-state index contributed by atoms with van der Waals surface area (Å²) < 4.78 is 5.36. The molecule has 1 aromatic rings. The van der Waals surface area contributed by atoms with Gasteiger partial charge in [0.15, 0.2) is 0 Å². The molecule has 0 bridgehead atoms. The molecule has 5 heteroatoms. The van der Waals surface area contributed by atoms with E-state index in [0.717, 1.165) is 11.3 Å². The van der Waals surface area contributed by atoms with Gasteiger partial charge in [0, 0.05) is 31.0 Å². The predicted octanol–water partition coefficient (Wildman–Crippen LogP) is 0.841. The first-order chi connectivity index (χ1) is 8.09. The topological polar surface area (TPSA) is 70.2 Å². The van der Waals surface area contributed by atoms with Crippen LogP contribution in [-0.4, -0.2) is 41.2 Å². The summed E-state index contributed by atoms with van der Waals surface area (Å²) >= 11 is 0. The molecule has 0 saturated carbocycles. The zero-order chi connectivity index (χ0) is 12.7. The minimum atomic E-state index is -0.457. The number of aromatic nitrogens is 2. The smallest absolute Gasteiger partial charge is 0.0897 e. The largest absolute Gasteiger partial charge is 0.389 e. The van der Waals surface area contributed by atoms with Crippen LogP contribution in [0.15, 0.2) is 6.20 Å². The number of aromatic amines is 1. The molecule has 1 atom stereocenters. The van der Waals surface area contributed by atoms with Crippen LogP contribution in [-0.2, 0) is 11.3 Å². The van der Waals surface area contributed by atoms with Crippen LogP contribution in [0, 0.1) is 12.8 Å². The van der Waals surface area contributed by atoms with Crippen LogP contribution >= 0.6 is 0 Å². The van der Waals surface area contributed by atoms with Crippen LogP contribution in [0.1, 0.15) is 25.1 Å². The summed E-state index contributed by atoms with van der Waals surface area (Å²) in [6.07, 6.45) is 1.34. The zero-order valence-electron chi connectivity index (χ0n) is 10.9. The second-order valence-corrected chi connectivity index (χ2v) is 4.74. The number of nitrogens with zero attached hydrogens (tertiary/aromatic N) is 1. The Hall–Kier alpha value is -0.910. The lowest BCUT2D eigenvalue weighted by molar-refractivity contribution is 0.0260. The van der Waals surface area contributed by atoms with E-state index >= 15 is 0 Å². The molecular weight excluding hydrogens is 218 g/mol. The first-order valence-corrected chi connectivity index (χ1v) is 6.05. The van der Waals surface area contributed by atoms with Crippen molar-refractivity contribution in [2.75, 3.05) is 19.8 Å². The average Bonchev–Trinajstić information content (AvgIpc) is 2.64. The molecule has 17 heavy (non-hydrogen) atoms. The number of aryl methyl sites for hydroxylation is 1. The number of hydrogen-bond acceptors (Lipinski definition) is 4. The highest BCUT2D eigenvalue weighted by Gasteiger charge is 2.05. The van der Waals surface area contributed by atoms with E-state index in [9.17, 15) is 5.11 Å². The lowest BCUT2D eigenvalue weighted by Gasteiger charge is -2.13. The van der Waals surface area contributed by atoms with Crippen LogP contribution in [0.5, 0.6) is 0 Å². The molecule has 0 fully saturated rings. The molecule has 3 N–H and O–H groups in total. The van der Waals surface area contributed by atoms with Crippen LogP contribution in [0.4, 0.5) is 0 Å². The van der Waals surface area contributed by atoms with Gasteiger partial charge in [0.1, 0.15) is 0 Å². The molecule has 5 nitrogen and oxygen atoms in total. The summed E-state index contributed by atoms with van der Waals surface area (Å²) in [7, 11) is 0. The van der Waals surface area contributed by atoms with E-state index in [1.54, 1.807) is 6.20 Å². The third-order valence-electron chi connectivity index (χ3n) is 2.39. The van der Waals surface area contributed by atoms with Crippen molar-refractivity contribution in [1.82, 2.24) is 15.5 Å². The Bertz CT molecular complexity index is 312. The van der Waals surface area contributed by atoms with E-state index in [4.69, 9.17) is 4.74 Å². The number of nitrogens with one attached hydrogen (secondary N) is 2. The highest BCUT2D eigenvalue weighted by atomic mass is 16.5. The minimum Gasteiger partial charge on any atom is -0.389 e. The van der Waals surface area contributed by atoms with Gasteiger partial charge in [0.25, 0.3) is 0 Å². The number of aliphatic hydroxyl groups excluding tert-OH is 1. The standard InChI is InChI=1S/C12H23N3O2/c1-9(2)7-17-8-12(16)6-13-4-11-5-14-15-10(11)3/h5,9,12-13,16H,4,6-8H2,1-3H3,(H,14,15). The van der Waals surface area contributed by atoms with E-state index in [-0.39, 0.29) is 0 Å². The maximum Gasteiger partial charge on any atom is 0.0897 e. The van der Waals surface area contributed by atoms with Crippen LogP contribution in [0.25, 0.3) is 0 Å². The maximum atomic E-state index is 9.65. The highest BCUT2D eigenvalue weighted by molar-refractivity contribution is 5.13. The summed E-state index contributed by atoms with van der Waals surface area (Å²) in [5, 5.41) is 19.6. The van der Waals surface area contributed by atoms with E-state index < -0.39 is 6.10 Å². The molecule has 1 heterocycles. The van der Waals surface area contributed by atoms with Crippen LogP contribution in [0.2, 0.25) is 0 Å².